The highest BCUT2D eigenvalue weighted by atomic mass is 16.4. The van der Waals surface area contributed by atoms with Gasteiger partial charge in [0.05, 0.1) is 0 Å². The maximum atomic E-state index is 11.0. The van der Waals surface area contributed by atoms with Gasteiger partial charge in [-0.1, -0.05) is 19.3 Å². The molecule has 2 atom stereocenters. The largest absolute Gasteiger partial charge is 0.477 e. The monoisotopic (exact) mass is 260 g/mol. The van der Waals surface area contributed by atoms with E-state index in [1.807, 2.05) is 6.07 Å². The zero-order chi connectivity index (χ0) is 13.2. The van der Waals surface area contributed by atoms with Crippen LogP contribution in [0.1, 0.15) is 42.6 Å². The number of carboxylic acid groups (broad SMARTS) is 1. The van der Waals surface area contributed by atoms with Crippen molar-refractivity contribution in [3.63, 3.8) is 0 Å². The Morgan fingerprint density at radius 2 is 2.05 bits per heavy atom. The van der Waals surface area contributed by atoms with Crippen LogP contribution in [-0.2, 0) is 0 Å². The van der Waals surface area contributed by atoms with Gasteiger partial charge >= 0.3 is 5.97 Å². The molecule has 1 saturated heterocycles. The zero-order valence-electron chi connectivity index (χ0n) is 11.1. The Kier molecular flexibility index (Phi) is 3.40. The third-order valence-electron chi connectivity index (χ3n) is 4.62. The second-order valence-electron chi connectivity index (χ2n) is 5.74. The smallest absolute Gasteiger partial charge is 0.354 e. The van der Waals surface area contributed by atoms with Crippen molar-refractivity contribution in [2.45, 2.75) is 32.1 Å². The minimum atomic E-state index is -0.950. The molecule has 1 aromatic heterocycles. The molecule has 1 saturated carbocycles. The van der Waals surface area contributed by atoms with Gasteiger partial charge in [-0.05, 0) is 36.8 Å². The molecule has 4 heteroatoms. The number of hydrogen-bond donors (Lipinski definition) is 1. The molecule has 1 aliphatic carbocycles. The minimum Gasteiger partial charge on any atom is -0.477 e. The summed E-state index contributed by atoms with van der Waals surface area (Å²) in [6.45, 7) is 2.12. The molecule has 0 bridgehead atoms. The van der Waals surface area contributed by atoms with Crippen molar-refractivity contribution in [2.75, 3.05) is 18.0 Å². The maximum absolute atomic E-state index is 11.0. The van der Waals surface area contributed by atoms with E-state index in [4.69, 9.17) is 5.11 Å². The van der Waals surface area contributed by atoms with Crippen molar-refractivity contribution in [1.82, 2.24) is 4.98 Å². The Labute approximate surface area is 113 Å². The topological polar surface area (TPSA) is 53.4 Å². The number of aromatic nitrogens is 1. The molecule has 2 fully saturated rings. The molecule has 2 aliphatic rings. The molecule has 0 radical (unpaired) electrons. The Morgan fingerprint density at radius 1 is 1.26 bits per heavy atom. The lowest BCUT2D eigenvalue weighted by molar-refractivity contribution is 0.0690. The number of carbonyl (C=O) groups is 1. The van der Waals surface area contributed by atoms with Gasteiger partial charge in [0, 0.05) is 25.0 Å². The molecule has 19 heavy (non-hydrogen) atoms. The Bertz CT molecular complexity index is 475. The molecular weight excluding hydrogens is 240 g/mol. The molecule has 0 aromatic carbocycles. The number of pyridine rings is 1. The van der Waals surface area contributed by atoms with Crippen molar-refractivity contribution < 1.29 is 9.90 Å². The summed E-state index contributed by atoms with van der Waals surface area (Å²) in [4.78, 5) is 17.2. The number of anilines is 1. The van der Waals surface area contributed by atoms with Crippen LogP contribution in [0.2, 0.25) is 0 Å². The van der Waals surface area contributed by atoms with E-state index in [0.717, 1.165) is 30.6 Å². The first-order chi connectivity index (χ1) is 9.24. The molecule has 1 aromatic rings. The summed E-state index contributed by atoms with van der Waals surface area (Å²) < 4.78 is 0. The minimum absolute atomic E-state index is 0.142. The molecule has 3 rings (SSSR count). The summed E-state index contributed by atoms with van der Waals surface area (Å²) in [5, 5.41) is 9.01. The average Bonchev–Trinajstić information content (AvgIpc) is 2.47. The summed E-state index contributed by atoms with van der Waals surface area (Å²) in [6.07, 6.45) is 8.31. The first-order valence-corrected chi connectivity index (χ1v) is 7.18. The van der Waals surface area contributed by atoms with Gasteiger partial charge in [0.2, 0.25) is 0 Å². The zero-order valence-corrected chi connectivity index (χ0v) is 11.1. The Hall–Kier alpha value is -1.58. The van der Waals surface area contributed by atoms with Crippen LogP contribution in [0.4, 0.5) is 5.69 Å². The van der Waals surface area contributed by atoms with Gasteiger partial charge in [-0.25, -0.2) is 9.78 Å². The van der Waals surface area contributed by atoms with Crippen molar-refractivity contribution in [3.05, 3.63) is 24.0 Å². The molecule has 0 spiro atoms. The highest BCUT2D eigenvalue weighted by Crippen LogP contribution is 2.37. The number of piperidine rings is 1. The van der Waals surface area contributed by atoms with Crippen LogP contribution < -0.4 is 4.90 Å². The van der Waals surface area contributed by atoms with Gasteiger partial charge in [0.1, 0.15) is 5.69 Å². The predicted molar refractivity (Wildman–Crippen MR) is 73.5 cm³/mol. The van der Waals surface area contributed by atoms with Crippen LogP contribution >= 0.6 is 0 Å². The van der Waals surface area contributed by atoms with E-state index in [1.54, 1.807) is 12.3 Å². The number of carboxylic acids is 1. The summed E-state index contributed by atoms with van der Waals surface area (Å²) in [5.41, 5.74) is 1.15. The molecule has 102 valence electrons. The molecular formula is C15H20N2O2. The molecule has 4 nitrogen and oxygen atoms in total. The van der Waals surface area contributed by atoms with Gasteiger partial charge in [-0.2, -0.15) is 0 Å². The Morgan fingerprint density at radius 3 is 2.84 bits per heavy atom. The maximum Gasteiger partial charge on any atom is 0.354 e. The Balaban J connectivity index is 1.75. The van der Waals surface area contributed by atoms with E-state index in [1.165, 1.54) is 32.1 Å². The summed E-state index contributed by atoms with van der Waals surface area (Å²) in [7, 11) is 0. The second kappa shape index (κ2) is 5.19. The first kappa shape index (κ1) is 12.5. The molecule has 1 aliphatic heterocycles. The van der Waals surface area contributed by atoms with Crippen molar-refractivity contribution in [3.8, 4) is 0 Å². The number of rotatable bonds is 2. The van der Waals surface area contributed by atoms with E-state index in [0.29, 0.717) is 0 Å². The van der Waals surface area contributed by atoms with Crippen molar-refractivity contribution in [1.29, 1.82) is 0 Å². The van der Waals surface area contributed by atoms with Gasteiger partial charge in [0.15, 0.2) is 0 Å². The quantitative estimate of drug-likeness (QED) is 0.888. The second-order valence-corrected chi connectivity index (χ2v) is 5.74. The lowest BCUT2D eigenvalue weighted by atomic mass is 9.75. The fourth-order valence-corrected chi connectivity index (χ4v) is 3.57. The third-order valence-corrected chi connectivity index (χ3v) is 4.62. The number of fused-ring (bicyclic) bond motifs is 1. The average molecular weight is 260 g/mol. The van der Waals surface area contributed by atoms with Crippen molar-refractivity contribution in [2.24, 2.45) is 11.8 Å². The summed E-state index contributed by atoms with van der Waals surface area (Å²) in [6, 6.07) is 3.63. The molecule has 2 heterocycles. The van der Waals surface area contributed by atoms with E-state index in [-0.39, 0.29) is 5.69 Å². The molecule has 0 amide bonds. The first-order valence-electron chi connectivity index (χ1n) is 7.18. The van der Waals surface area contributed by atoms with Crippen LogP contribution in [0, 0.1) is 11.8 Å². The van der Waals surface area contributed by atoms with Crippen LogP contribution in [0.5, 0.6) is 0 Å². The number of hydrogen-bond acceptors (Lipinski definition) is 3. The van der Waals surface area contributed by atoms with Gasteiger partial charge in [-0.3, -0.25) is 0 Å². The van der Waals surface area contributed by atoms with Crippen LogP contribution in [-0.4, -0.2) is 29.1 Å². The molecule has 1 N–H and O–H groups in total. The normalized spacial score (nSPS) is 26.8. The van der Waals surface area contributed by atoms with Gasteiger partial charge in [-0.15, -0.1) is 0 Å². The van der Waals surface area contributed by atoms with E-state index in [2.05, 4.69) is 9.88 Å². The number of aromatic carboxylic acids is 1. The standard InChI is InChI=1S/C15H20N2O2/c18-15(19)14-9-13(5-7-16-14)17-8-6-11-3-1-2-4-12(11)10-17/h5,7,9,11-12H,1-4,6,8,10H2,(H,18,19). The lowest BCUT2D eigenvalue weighted by Gasteiger charge is -2.42. The van der Waals surface area contributed by atoms with E-state index >= 15 is 0 Å². The lowest BCUT2D eigenvalue weighted by Crippen LogP contribution is -2.41. The van der Waals surface area contributed by atoms with E-state index in [9.17, 15) is 4.79 Å². The fourth-order valence-electron chi connectivity index (χ4n) is 3.57. The highest BCUT2D eigenvalue weighted by molar-refractivity contribution is 5.86. The number of nitrogens with zero attached hydrogens (tertiary/aromatic N) is 2. The SMILES string of the molecule is O=C(O)c1cc(N2CCC3CCCCC3C2)ccn1. The predicted octanol–water partition coefficient (Wildman–Crippen LogP) is 2.80. The molecule has 2 unspecified atom stereocenters. The third kappa shape index (κ3) is 2.57. The van der Waals surface area contributed by atoms with Crippen LogP contribution in [0.3, 0.4) is 0 Å². The van der Waals surface area contributed by atoms with Gasteiger partial charge in [0.25, 0.3) is 0 Å². The highest BCUT2D eigenvalue weighted by Gasteiger charge is 2.31. The summed E-state index contributed by atoms with van der Waals surface area (Å²) >= 11 is 0. The van der Waals surface area contributed by atoms with Gasteiger partial charge < -0.3 is 10.0 Å². The van der Waals surface area contributed by atoms with Crippen LogP contribution in [0.25, 0.3) is 0 Å². The fraction of sp³-hybridized carbons (Fsp3) is 0.600. The van der Waals surface area contributed by atoms with Crippen molar-refractivity contribution >= 4 is 11.7 Å². The van der Waals surface area contributed by atoms with Crippen LogP contribution in [0.15, 0.2) is 18.3 Å². The summed E-state index contributed by atoms with van der Waals surface area (Å²) in [5.74, 6) is 0.740. The van der Waals surface area contributed by atoms with E-state index < -0.39 is 5.97 Å².